The molecule has 9 heterocycles. The van der Waals surface area contributed by atoms with Crippen molar-refractivity contribution in [2.45, 2.75) is 25.6 Å². The van der Waals surface area contributed by atoms with Crippen LogP contribution in [0, 0.1) is 0 Å². The van der Waals surface area contributed by atoms with Crippen LogP contribution in [-0.4, -0.2) is 85.9 Å². The molecule has 2 amide bonds. The molecule has 18 heteroatoms. The van der Waals surface area contributed by atoms with Crippen LogP contribution in [0.15, 0.2) is 178 Å². The fourth-order valence-corrected chi connectivity index (χ4v) is 8.53. The van der Waals surface area contributed by atoms with E-state index in [1.165, 1.54) is 6.07 Å². The standard InChI is InChI=1S/C22H19BN3O3.C20H18N4O2.C17H10N2O3/c27-14-23-9-3-4-10-25-22(28)18-8-7-16-12-24-13-17(21(16)26-18)20-11-15-5-1-2-6-19(15)29-20;21-8-3-9-23-20(25)16-7-6-14-11-22-12-15(19(14)24-16)18-10-13-4-1-2-5-17(13)26-18;20-17(21)13-6-5-11-8-18-9-12(16(11)19-13)15-7-10-3-1-2-4-14(10)22-15/h1-2,5-8,11-14H,3-4,9-10H2,(H,25,28);1-2,4-7,10-12H,3,8-9,21H2,(H,23,25);1-9H,(H,20,21). The lowest BCUT2D eigenvalue weighted by Gasteiger charge is -2.07. The molecule has 0 saturated carbocycles. The van der Waals surface area contributed by atoms with Crippen molar-refractivity contribution >= 4 is 96.9 Å². The highest BCUT2D eigenvalue weighted by Crippen LogP contribution is 2.34. The van der Waals surface area contributed by atoms with E-state index < -0.39 is 5.97 Å². The van der Waals surface area contributed by atoms with Gasteiger partial charge < -0.3 is 39.5 Å². The third-order valence-corrected chi connectivity index (χ3v) is 12.4. The summed E-state index contributed by atoms with van der Waals surface area (Å²) in [5, 5.41) is 20.3. The van der Waals surface area contributed by atoms with Crippen molar-refractivity contribution in [2.75, 3.05) is 19.6 Å². The van der Waals surface area contributed by atoms with E-state index in [2.05, 4.69) is 40.5 Å². The van der Waals surface area contributed by atoms with Gasteiger partial charge in [-0.1, -0.05) is 67.3 Å². The molecular formula is C59H47BN9O8. The zero-order valence-corrected chi connectivity index (χ0v) is 41.3. The van der Waals surface area contributed by atoms with Gasteiger partial charge in [0.1, 0.15) is 51.1 Å². The number of carboxylic acids is 1. The fraction of sp³-hybridized carbons (Fsp3) is 0.119. The van der Waals surface area contributed by atoms with Gasteiger partial charge in [0.15, 0.2) is 7.28 Å². The lowest BCUT2D eigenvalue weighted by molar-refractivity contribution is 0.0690. The number of nitrogens with zero attached hydrogens (tertiary/aromatic N) is 6. The molecule has 9 aromatic heterocycles. The smallest absolute Gasteiger partial charge is 0.354 e. The lowest BCUT2D eigenvalue weighted by Crippen LogP contribution is -2.26. The zero-order valence-electron chi connectivity index (χ0n) is 41.3. The Labute approximate surface area is 439 Å². The highest BCUT2D eigenvalue weighted by atomic mass is 16.4. The predicted molar refractivity (Wildman–Crippen MR) is 296 cm³/mol. The number of carbonyl (C=O) groups excluding carboxylic acids is 3. The molecule has 5 N–H and O–H groups in total. The maximum atomic E-state index is 12.5. The number of pyridine rings is 6. The van der Waals surface area contributed by atoms with Gasteiger partial charge in [-0.2, -0.15) is 0 Å². The molecule has 379 valence electrons. The highest BCUT2D eigenvalue weighted by Gasteiger charge is 2.18. The number of benzene rings is 3. The zero-order chi connectivity index (χ0) is 53.1. The molecule has 0 aliphatic carbocycles. The first kappa shape index (κ1) is 50.6. The van der Waals surface area contributed by atoms with E-state index in [1.54, 1.807) is 62.7 Å². The Balaban J connectivity index is 0.000000132. The van der Waals surface area contributed by atoms with Gasteiger partial charge in [-0.05, 0) is 92.2 Å². The molecule has 0 fully saturated rings. The van der Waals surface area contributed by atoms with Crippen molar-refractivity contribution in [3.63, 3.8) is 0 Å². The monoisotopic (exact) mass is 1020 g/mol. The minimum Gasteiger partial charge on any atom is -0.477 e. The molecular weight excluding hydrogens is 974 g/mol. The second-order valence-electron chi connectivity index (χ2n) is 17.6. The average molecular weight is 1020 g/mol. The molecule has 0 unspecified atom stereocenters. The summed E-state index contributed by atoms with van der Waals surface area (Å²) < 4.78 is 17.7. The quantitative estimate of drug-likeness (QED) is 0.0423. The number of hydrogen-bond acceptors (Lipinski definition) is 14. The Morgan fingerprint density at radius 2 is 0.883 bits per heavy atom. The summed E-state index contributed by atoms with van der Waals surface area (Å²) in [5.74, 6) is 0.466. The van der Waals surface area contributed by atoms with E-state index in [4.69, 9.17) is 24.1 Å². The Hall–Kier alpha value is -9.94. The number of aromatic carboxylic acids is 1. The molecule has 0 aliphatic rings. The molecule has 3 aromatic carbocycles. The van der Waals surface area contributed by atoms with Gasteiger partial charge in [0.25, 0.3) is 11.8 Å². The summed E-state index contributed by atoms with van der Waals surface area (Å²) in [6.07, 6.45) is 14.1. The molecule has 12 rings (SSSR count). The summed E-state index contributed by atoms with van der Waals surface area (Å²) in [6.45, 7) is 1.60. The third kappa shape index (κ3) is 11.6. The number of para-hydroxylation sites is 3. The Kier molecular flexibility index (Phi) is 15.4. The Morgan fingerprint density at radius 3 is 1.27 bits per heavy atom. The van der Waals surface area contributed by atoms with Gasteiger partial charge in [0.2, 0.25) is 0 Å². The SMILES string of the molecule is NCCCNC(=O)c1ccc2cncc(-c3cc4ccccc4o3)c2n1.O=C(O)c1ccc2cncc(-c3cc4ccccc4o3)c2n1.O=C[B]CCCCNC(=O)c1ccc2cncc(-c3cc4ccccc4o3)c2n1. The second-order valence-corrected chi connectivity index (χ2v) is 17.6. The lowest BCUT2D eigenvalue weighted by atomic mass is 9.75. The number of furan rings is 3. The minimum atomic E-state index is -1.06. The first-order valence-corrected chi connectivity index (χ1v) is 24.7. The maximum absolute atomic E-state index is 12.5. The van der Waals surface area contributed by atoms with E-state index in [0.29, 0.717) is 70.4 Å². The van der Waals surface area contributed by atoms with Crippen molar-refractivity contribution in [3.05, 3.63) is 182 Å². The Morgan fingerprint density at radius 1 is 0.494 bits per heavy atom. The summed E-state index contributed by atoms with van der Waals surface area (Å²) in [5.41, 5.74) is 12.6. The molecule has 12 aromatic rings. The number of fused-ring (bicyclic) bond motifs is 6. The van der Waals surface area contributed by atoms with Crippen LogP contribution in [0.4, 0.5) is 0 Å². The topological polar surface area (TPSA) is 255 Å². The first-order valence-electron chi connectivity index (χ1n) is 24.7. The number of hydrogen-bond donors (Lipinski definition) is 4. The van der Waals surface area contributed by atoms with Crippen LogP contribution in [0.25, 0.3) is 99.6 Å². The number of aromatic nitrogens is 6. The first-order chi connectivity index (χ1) is 37.7. The molecule has 17 nitrogen and oxygen atoms in total. The van der Waals surface area contributed by atoms with E-state index in [0.717, 1.165) is 92.0 Å². The number of nitrogens with two attached hydrogens (primary N) is 1. The molecule has 0 bridgehead atoms. The van der Waals surface area contributed by atoms with E-state index >= 15 is 0 Å². The van der Waals surface area contributed by atoms with Crippen molar-refractivity contribution in [1.29, 1.82) is 0 Å². The van der Waals surface area contributed by atoms with Gasteiger partial charge in [-0.15, -0.1) is 0 Å². The van der Waals surface area contributed by atoms with Gasteiger partial charge >= 0.3 is 5.97 Å². The maximum Gasteiger partial charge on any atom is 0.354 e. The molecule has 77 heavy (non-hydrogen) atoms. The van der Waals surface area contributed by atoms with Gasteiger partial charge in [0.05, 0.1) is 39.4 Å². The van der Waals surface area contributed by atoms with E-state index in [-0.39, 0.29) is 17.5 Å². The fourth-order valence-electron chi connectivity index (χ4n) is 8.53. The van der Waals surface area contributed by atoms with Crippen molar-refractivity contribution in [3.8, 4) is 34.0 Å². The van der Waals surface area contributed by atoms with Gasteiger partial charge in [0, 0.05) is 82.6 Å². The van der Waals surface area contributed by atoms with Crippen LogP contribution >= 0.6 is 0 Å². The molecule has 0 spiro atoms. The number of nitrogens with one attached hydrogen (secondary N) is 2. The number of rotatable bonds is 15. The predicted octanol–water partition coefficient (Wildman–Crippen LogP) is 10.7. The third-order valence-electron chi connectivity index (χ3n) is 12.4. The van der Waals surface area contributed by atoms with Crippen LogP contribution in [0.3, 0.4) is 0 Å². The summed E-state index contributed by atoms with van der Waals surface area (Å²) in [4.78, 5) is 72.3. The summed E-state index contributed by atoms with van der Waals surface area (Å²) in [6, 6.07) is 39.3. The van der Waals surface area contributed by atoms with E-state index in [9.17, 15) is 19.2 Å². The van der Waals surface area contributed by atoms with Gasteiger partial charge in [-0.25, -0.2) is 19.7 Å². The van der Waals surface area contributed by atoms with Crippen molar-refractivity contribution in [2.24, 2.45) is 5.73 Å². The van der Waals surface area contributed by atoms with E-state index in [1.807, 2.05) is 103 Å². The van der Waals surface area contributed by atoms with Crippen LogP contribution in [0.1, 0.15) is 50.7 Å². The average Bonchev–Trinajstić information content (AvgIpc) is 4.26. The van der Waals surface area contributed by atoms with Crippen molar-refractivity contribution in [1.82, 2.24) is 40.5 Å². The number of carboxylic acid groups (broad SMARTS) is 1. The minimum absolute atomic E-state index is 0.00365. The number of amides is 2. The van der Waals surface area contributed by atoms with Crippen LogP contribution in [0.2, 0.25) is 6.32 Å². The largest absolute Gasteiger partial charge is 0.477 e. The molecule has 0 saturated heterocycles. The normalized spacial score (nSPS) is 11.0. The molecule has 0 atom stereocenters. The Bertz CT molecular complexity index is 4020. The van der Waals surface area contributed by atoms with Crippen LogP contribution in [0.5, 0.6) is 0 Å². The molecule has 1 radical (unpaired) electrons. The summed E-state index contributed by atoms with van der Waals surface area (Å²) >= 11 is 0. The van der Waals surface area contributed by atoms with Crippen LogP contribution < -0.4 is 16.4 Å². The number of unbranched alkanes of at least 4 members (excludes halogenated alkanes) is 1. The number of carbonyl (C=O) groups is 4. The van der Waals surface area contributed by atoms with Gasteiger partial charge in [-0.3, -0.25) is 24.5 Å². The molecule has 0 aliphatic heterocycles. The summed E-state index contributed by atoms with van der Waals surface area (Å²) in [7, 11) is 1.58. The van der Waals surface area contributed by atoms with Crippen molar-refractivity contribution < 1.29 is 37.5 Å². The highest BCUT2D eigenvalue weighted by molar-refractivity contribution is 6.66. The second kappa shape index (κ2) is 23.5. The van der Waals surface area contributed by atoms with Crippen LogP contribution in [-0.2, 0) is 4.79 Å².